The summed E-state index contributed by atoms with van der Waals surface area (Å²) < 4.78 is 12.2. The molecule has 1 aliphatic carbocycles. The van der Waals surface area contributed by atoms with E-state index in [0.29, 0.717) is 11.5 Å². The highest BCUT2D eigenvalue weighted by atomic mass is 79.9. The molecule has 1 aliphatic rings. The highest BCUT2D eigenvalue weighted by Gasteiger charge is 2.24. The van der Waals surface area contributed by atoms with Gasteiger partial charge in [0.25, 0.3) is 5.89 Å². The molecule has 0 saturated heterocycles. The minimum atomic E-state index is -0.379. The van der Waals surface area contributed by atoms with Crippen molar-refractivity contribution >= 4 is 32.8 Å². The molecule has 150 valence electrons. The third-order valence-corrected chi connectivity index (χ3v) is 5.79. The summed E-state index contributed by atoms with van der Waals surface area (Å²) in [5, 5.41) is 8.89. The fourth-order valence-electron chi connectivity index (χ4n) is 3.83. The van der Waals surface area contributed by atoms with Gasteiger partial charge >= 0.3 is 5.97 Å². The lowest BCUT2D eigenvalue weighted by Crippen LogP contribution is -2.15. The van der Waals surface area contributed by atoms with Crippen molar-refractivity contribution in [1.29, 1.82) is 0 Å². The first-order chi connectivity index (χ1) is 14.7. The van der Waals surface area contributed by atoms with E-state index in [9.17, 15) is 4.79 Å². The van der Waals surface area contributed by atoms with E-state index >= 15 is 0 Å². The number of hydrogen-bond acceptors (Lipinski definition) is 6. The molecule has 0 unspecified atom stereocenters. The standard InChI is InChI=1S/C23H18BrN3O3/c24-15-11-9-14(10-12-15)22-27-26-20(30-22)13-29-23(28)21-16-5-1-3-7-18(16)25-19-8-4-2-6-17(19)21/h1,3,5,7,9-12H,2,4,6,8,13H2. The number of benzene rings is 2. The lowest BCUT2D eigenvalue weighted by Gasteiger charge is -2.19. The van der Waals surface area contributed by atoms with Gasteiger partial charge in [-0.25, -0.2) is 4.79 Å². The van der Waals surface area contributed by atoms with Gasteiger partial charge in [0.1, 0.15) is 0 Å². The van der Waals surface area contributed by atoms with Gasteiger partial charge in [-0.15, -0.1) is 10.2 Å². The molecular formula is C23H18BrN3O3. The average molecular weight is 464 g/mol. The molecule has 6 nitrogen and oxygen atoms in total. The largest absolute Gasteiger partial charge is 0.452 e. The van der Waals surface area contributed by atoms with E-state index in [1.807, 2.05) is 48.5 Å². The first-order valence-electron chi connectivity index (χ1n) is 9.85. The van der Waals surface area contributed by atoms with Crippen molar-refractivity contribution in [1.82, 2.24) is 15.2 Å². The van der Waals surface area contributed by atoms with Crippen molar-refractivity contribution in [3.63, 3.8) is 0 Å². The molecule has 0 aliphatic heterocycles. The van der Waals surface area contributed by atoms with Gasteiger partial charge in [0.05, 0.1) is 11.1 Å². The van der Waals surface area contributed by atoms with E-state index in [1.165, 1.54) is 0 Å². The van der Waals surface area contributed by atoms with Crippen molar-refractivity contribution in [2.45, 2.75) is 32.3 Å². The summed E-state index contributed by atoms with van der Waals surface area (Å²) in [5.74, 6) is 0.268. The van der Waals surface area contributed by atoms with E-state index in [4.69, 9.17) is 14.1 Å². The van der Waals surface area contributed by atoms with Crippen molar-refractivity contribution in [2.24, 2.45) is 0 Å². The summed E-state index contributed by atoms with van der Waals surface area (Å²) >= 11 is 3.40. The molecule has 0 N–H and O–H groups in total. The second-order valence-corrected chi connectivity index (χ2v) is 8.14. The summed E-state index contributed by atoms with van der Waals surface area (Å²) in [4.78, 5) is 17.8. The molecule has 0 amide bonds. The van der Waals surface area contributed by atoms with Crippen LogP contribution in [0.1, 0.15) is 40.3 Å². The Balaban J connectivity index is 1.40. The lowest BCUT2D eigenvalue weighted by atomic mass is 9.90. The lowest BCUT2D eigenvalue weighted by molar-refractivity contribution is 0.0439. The first kappa shape index (κ1) is 18.9. The number of esters is 1. The Kier molecular flexibility index (Phi) is 5.04. The van der Waals surface area contributed by atoms with Crippen LogP contribution in [0, 0.1) is 0 Å². The number of carbonyl (C=O) groups is 1. The van der Waals surface area contributed by atoms with Gasteiger partial charge in [-0.3, -0.25) is 4.98 Å². The van der Waals surface area contributed by atoms with Crippen LogP contribution in [0.2, 0.25) is 0 Å². The smallest absolute Gasteiger partial charge is 0.339 e. The van der Waals surface area contributed by atoms with Gasteiger partial charge in [0.2, 0.25) is 5.89 Å². The average Bonchev–Trinajstić information content (AvgIpc) is 3.25. The Hall–Kier alpha value is -3.06. The molecule has 30 heavy (non-hydrogen) atoms. The number of aromatic nitrogens is 3. The van der Waals surface area contributed by atoms with Crippen LogP contribution in [0.3, 0.4) is 0 Å². The molecule has 0 bridgehead atoms. The molecule has 2 aromatic heterocycles. The van der Waals surface area contributed by atoms with Gasteiger partial charge in [0.15, 0.2) is 6.61 Å². The Bertz CT molecular complexity index is 1230. The Morgan fingerprint density at radius 1 is 1.03 bits per heavy atom. The second-order valence-electron chi connectivity index (χ2n) is 7.22. The van der Waals surface area contributed by atoms with Crippen molar-refractivity contribution in [2.75, 3.05) is 0 Å². The van der Waals surface area contributed by atoms with Gasteiger partial charge in [-0.1, -0.05) is 34.1 Å². The van der Waals surface area contributed by atoms with Crippen LogP contribution in [-0.2, 0) is 24.2 Å². The molecular weight excluding hydrogens is 446 g/mol. The van der Waals surface area contributed by atoms with Crippen LogP contribution >= 0.6 is 15.9 Å². The van der Waals surface area contributed by atoms with Crippen molar-refractivity contribution < 1.29 is 13.9 Å². The predicted octanol–water partition coefficient (Wildman–Crippen LogP) is 5.28. The fourth-order valence-corrected chi connectivity index (χ4v) is 4.09. The third kappa shape index (κ3) is 3.61. The molecule has 5 rings (SSSR count). The number of para-hydroxylation sites is 1. The van der Waals surface area contributed by atoms with E-state index in [2.05, 4.69) is 26.1 Å². The van der Waals surface area contributed by atoms with Gasteiger partial charge in [0, 0.05) is 21.1 Å². The number of ether oxygens (including phenoxy) is 1. The summed E-state index contributed by atoms with van der Waals surface area (Å²) in [6, 6.07) is 15.3. The molecule has 0 atom stereocenters. The van der Waals surface area contributed by atoms with Crippen LogP contribution < -0.4 is 0 Å². The number of nitrogens with zero attached hydrogens (tertiary/aromatic N) is 3. The zero-order valence-corrected chi connectivity index (χ0v) is 17.7. The highest BCUT2D eigenvalue weighted by Crippen LogP contribution is 2.30. The van der Waals surface area contributed by atoms with Crippen LogP contribution in [0.25, 0.3) is 22.4 Å². The number of carbonyl (C=O) groups excluding carboxylic acids is 1. The maximum absolute atomic E-state index is 13.1. The van der Waals surface area contributed by atoms with E-state index in [-0.39, 0.29) is 18.5 Å². The monoisotopic (exact) mass is 463 g/mol. The van der Waals surface area contributed by atoms with Crippen LogP contribution in [-0.4, -0.2) is 21.2 Å². The number of hydrogen-bond donors (Lipinski definition) is 0. The molecule has 0 fully saturated rings. The maximum atomic E-state index is 13.1. The Morgan fingerprint density at radius 2 is 1.83 bits per heavy atom. The predicted molar refractivity (Wildman–Crippen MR) is 115 cm³/mol. The number of halogens is 1. The van der Waals surface area contributed by atoms with Crippen LogP contribution in [0.15, 0.2) is 57.4 Å². The fraction of sp³-hybridized carbons (Fsp3) is 0.217. The molecule has 2 heterocycles. The van der Waals surface area contributed by atoms with Gasteiger partial charge in [-0.2, -0.15) is 0 Å². The molecule has 0 saturated carbocycles. The molecule has 0 spiro atoms. The maximum Gasteiger partial charge on any atom is 0.339 e. The summed E-state index contributed by atoms with van der Waals surface area (Å²) in [6.45, 7) is -0.0756. The van der Waals surface area contributed by atoms with Gasteiger partial charge in [-0.05, 0) is 61.6 Å². The number of fused-ring (bicyclic) bond motifs is 2. The van der Waals surface area contributed by atoms with Crippen molar-refractivity contribution in [3.05, 3.63) is 75.7 Å². The first-order valence-corrected chi connectivity index (χ1v) is 10.6. The summed E-state index contributed by atoms with van der Waals surface area (Å²) in [6.07, 6.45) is 3.87. The van der Waals surface area contributed by atoms with E-state index in [1.54, 1.807) is 0 Å². The quantitative estimate of drug-likeness (QED) is 0.383. The SMILES string of the molecule is O=C(OCc1nnc(-c2ccc(Br)cc2)o1)c1c2c(nc3ccccc13)CCCC2. The number of rotatable bonds is 4. The summed E-state index contributed by atoms with van der Waals surface area (Å²) in [7, 11) is 0. The minimum Gasteiger partial charge on any atom is -0.452 e. The van der Waals surface area contributed by atoms with Gasteiger partial charge < -0.3 is 9.15 Å². The molecule has 0 radical (unpaired) electrons. The van der Waals surface area contributed by atoms with Crippen molar-refractivity contribution in [3.8, 4) is 11.5 Å². The normalized spacial score (nSPS) is 13.2. The third-order valence-electron chi connectivity index (χ3n) is 5.26. The van der Waals surface area contributed by atoms with Crippen LogP contribution in [0.4, 0.5) is 0 Å². The van der Waals surface area contributed by atoms with E-state index < -0.39 is 0 Å². The Morgan fingerprint density at radius 3 is 2.70 bits per heavy atom. The zero-order chi connectivity index (χ0) is 20.5. The van der Waals surface area contributed by atoms with Crippen LogP contribution in [0.5, 0.6) is 0 Å². The minimum absolute atomic E-state index is 0.0756. The number of aryl methyl sites for hydroxylation is 1. The highest BCUT2D eigenvalue weighted by molar-refractivity contribution is 9.10. The van der Waals surface area contributed by atoms with E-state index in [0.717, 1.165) is 57.9 Å². The number of pyridine rings is 1. The second kappa shape index (κ2) is 7.99. The Labute approximate surface area is 181 Å². The summed E-state index contributed by atoms with van der Waals surface area (Å²) in [5.41, 5.74) is 4.24. The zero-order valence-electron chi connectivity index (χ0n) is 16.1. The molecule has 7 heteroatoms. The molecule has 4 aromatic rings. The topological polar surface area (TPSA) is 78.1 Å². The molecule has 2 aromatic carbocycles.